The Morgan fingerprint density at radius 2 is 1.67 bits per heavy atom. The molecule has 0 saturated carbocycles. The summed E-state index contributed by atoms with van der Waals surface area (Å²) in [5.74, 6) is 0.458. The Hall–Kier alpha value is -3.47. The largest absolute Gasteiger partial charge is 0.378 e. The highest BCUT2D eigenvalue weighted by molar-refractivity contribution is 7.89. The van der Waals surface area contributed by atoms with E-state index in [4.69, 9.17) is 4.74 Å². The van der Waals surface area contributed by atoms with Crippen LogP contribution in [0, 0.1) is 0 Å². The third-order valence-electron chi connectivity index (χ3n) is 5.74. The van der Waals surface area contributed by atoms with Crippen molar-refractivity contribution in [3.8, 4) is 11.3 Å². The Morgan fingerprint density at radius 1 is 0.944 bits per heavy atom. The number of fused-ring (bicyclic) bond motifs is 1. The first-order valence-corrected chi connectivity index (χ1v) is 13.4. The minimum atomic E-state index is -3.67. The summed E-state index contributed by atoms with van der Waals surface area (Å²) in [7, 11) is -3.67. The summed E-state index contributed by atoms with van der Waals surface area (Å²) in [4.78, 5) is 7.11. The number of ether oxygens (including phenoxy) is 1. The van der Waals surface area contributed by atoms with Gasteiger partial charge in [-0.3, -0.25) is 0 Å². The molecule has 0 aliphatic carbocycles. The average molecular weight is 507 g/mol. The van der Waals surface area contributed by atoms with Crippen molar-refractivity contribution < 1.29 is 13.2 Å². The summed E-state index contributed by atoms with van der Waals surface area (Å²) in [6.45, 7) is 8.71. The maximum absolute atomic E-state index is 12.9. The molecule has 9 nitrogen and oxygen atoms in total. The van der Waals surface area contributed by atoms with E-state index in [1.54, 1.807) is 22.7 Å². The van der Waals surface area contributed by atoms with Crippen LogP contribution in [0.15, 0.2) is 71.6 Å². The molecule has 1 aliphatic heterocycles. The number of nitrogens with one attached hydrogen (secondary N) is 2. The first-order valence-electron chi connectivity index (χ1n) is 11.9. The standard InChI is InChI=1S/C26H30N6O3S/c1-26(2,3)30-36(33,34)22-7-4-6-19(18-22)23-8-5-9-24-28-25(29-32(23)24)27-20-10-12-21(13-11-20)31-14-16-35-17-15-31/h4-13,18,30H,14-17H2,1-3H3,(H,27,29). The summed E-state index contributed by atoms with van der Waals surface area (Å²) in [6.07, 6.45) is 0. The average Bonchev–Trinajstić information content (AvgIpc) is 3.26. The molecule has 2 N–H and O–H groups in total. The number of aromatic nitrogens is 3. The van der Waals surface area contributed by atoms with Gasteiger partial charge in [0.05, 0.1) is 23.8 Å². The van der Waals surface area contributed by atoms with Crippen LogP contribution in [0.2, 0.25) is 0 Å². The van der Waals surface area contributed by atoms with Crippen LogP contribution in [0.1, 0.15) is 20.8 Å². The maximum Gasteiger partial charge on any atom is 0.247 e. The van der Waals surface area contributed by atoms with Gasteiger partial charge >= 0.3 is 0 Å². The van der Waals surface area contributed by atoms with Gasteiger partial charge < -0.3 is 15.0 Å². The molecular weight excluding hydrogens is 476 g/mol. The van der Waals surface area contributed by atoms with Crippen molar-refractivity contribution in [3.05, 3.63) is 66.7 Å². The maximum atomic E-state index is 12.9. The SMILES string of the molecule is CC(C)(C)NS(=O)(=O)c1cccc(-c2cccc3nc(Nc4ccc(N5CCOCC5)cc4)nn23)c1. The number of anilines is 3. The highest BCUT2D eigenvalue weighted by Crippen LogP contribution is 2.26. The number of hydrogen-bond donors (Lipinski definition) is 2. The number of sulfonamides is 1. The predicted molar refractivity (Wildman–Crippen MR) is 141 cm³/mol. The van der Waals surface area contributed by atoms with Crippen molar-refractivity contribution in [3.63, 3.8) is 0 Å². The number of benzene rings is 2. The van der Waals surface area contributed by atoms with Gasteiger partial charge in [-0.1, -0.05) is 18.2 Å². The van der Waals surface area contributed by atoms with Crippen LogP contribution in [-0.4, -0.2) is 54.9 Å². The molecule has 2 aromatic carbocycles. The van der Waals surface area contributed by atoms with Crippen LogP contribution in [0.25, 0.3) is 16.9 Å². The molecule has 1 saturated heterocycles. The molecule has 1 aliphatic rings. The number of pyridine rings is 1. The quantitative estimate of drug-likeness (QED) is 0.407. The highest BCUT2D eigenvalue weighted by Gasteiger charge is 2.22. The predicted octanol–water partition coefficient (Wildman–Crippen LogP) is 4.05. The molecule has 188 valence electrons. The molecule has 36 heavy (non-hydrogen) atoms. The van der Waals surface area contributed by atoms with Gasteiger partial charge in [0.25, 0.3) is 0 Å². The Balaban J connectivity index is 1.41. The van der Waals surface area contributed by atoms with Gasteiger partial charge in [0.15, 0.2) is 5.65 Å². The fraction of sp³-hybridized carbons (Fsp3) is 0.308. The minimum absolute atomic E-state index is 0.200. The fourth-order valence-electron chi connectivity index (χ4n) is 4.17. The van der Waals surface area contributed by atoms with E-state index in [-0.39, 0.29) is 4.90 Å². The topological polar surface area (TPSA) is 101 Å². The number of hydrogen-bond acceptors (Lipinski definition) is 7. The summed E-state index contributed by atoms with van der Waals surface area (Å²) in [6, 6.07) is 20.7. The van der Waals surface area contributed by atoms with E-state index in [1.807, 2.05) is 57.2 Å². The third-order valence-corrected chi connectivity index (χ3v) is 7.50. The van der Waals surface area contributed by atoms with Crippen molar-refractivity contribution in [1.29, 1.82) is 0 Å². The van der Waals surface area contributed by atoms with Gasteiger partial charge in [0, 0.05) is 35.6 Å². The van der Waals surface area contributed by atoms with E-state index in [1.165, 1.54) is 0 Å². The minimum Gasteiger partial charge on any atom is -0.378 e. The molecule has 4 aromatic rings. The van der Waals surface area contributed by atoms with E-state index in [9.17, 15) is 8.42 Å². The van der Waals surface area contributed by atoms with E-state index in [0.29, 0.717) is 11.6 Å². The van der Waals surface area contributed by atoms with Gasteiger partial charge in [0.1, 0.15) is 0 Å². The zero-order valence-corrected chi connectivity index (χ0v) is 21.4. The van der Waals surface area contributed by atoms with E-state index < -0.39 is 15.6 Å². The first kappa shape index (κ1) is 24.2. The van der Waals surface area contributed by atoms with Gasteiger partial charge in [-0.05, 0) is 69.3 Å². The Morgan fingerprint density at radius 3 is 2.39 bits per heavy atom. The van der Waals surface area contributed by atoms with Crippen molar-refractivity contribution >= 4 is 33.0 Å². The lowest BCUT2D eigenvalue weighted by molar-refractivity contribution is 0.122. The normalized spacial score (nSPS) is 14.8. The Labute approximate surface area is 211 Å². The Bertz CT molecular complexity index is 1470. The molecule has 0 spiro atoms. The summed E-state index contributed by atoms with van der Waals surface area (Å²) in [5.41, 5.74) is 3.57. The smallest absolute Gasteiger partial charge is 0.247 e. The lowest BCUT2D eigenvalue weighted by Gasteiger charge is -2.28. The lowest BCUT2D eigenvalue weighted by atomic mass is 10.1. The van der Waals surface area contributed by atoms with Gasteiger partial charge in [-0.15, -0.1) is 5.10 Å². The summed E-state index contributed by atoms with van der Waals surface area (Å²) in [5, 5.41) is 7.92. The summed E-state index contributed by atoms with van der Waals surface area (Å²) < 4.78 is 35.6. The molecule has 5 rings (SSSR count). The zero-order chi connectivity index (χ0) is 25.3. The van der Waals surface area contributed by atoms with Crippen LogP contribution in [0.4, 0.5) is 17.3 Å². The third kappa shape index (κ3) is 5.35. The van der Waals surface area contributed by atoms with Crippen molar-refractivity contribution in [2.24, 2.45) is 0 Å². The van der Waals surface area contributed by atoms with Crippen molar-refractivity contribution in [2.75, 3.05) is 36.5 Å². The molecule has 0 unspecified atom stereocenters. The van der Waals surface area contributed by atoms with Crippen molar-refractivity contribution in [2.45, 2.75) is 31.2 Å². The molecule has 0 atom stereocenters. The number of nitrogens with zero attached hydrogens (tertiary/aromatic N) is 4. The molecule has 0 bridgehead atoms. The van der Waals surface area contributed by atoms with Gasteiger partial charge in [-0.2, -0.15) is 4.98 Å². The molecular formula is C26H30N6O3S. The highest BCUT2D eigenvalue weighted by atomic mass is 32.2. The molecule has 1 fully saturated rings. The van der Waals surface area contributed by atoms with Crippen LogP contribution in [-0.2, 0) is 14.8 Å². The van der Waals surface area contributed by atoms with Crippen LogP contribution in [0.5, 0.6) is 0 Å². The van der Waals surface area contributed by atoms with E-state index in [0.717, 1.165) is 48.9 Å². The second-order valence-electron chi connectivity index (χ2n) is 9.77. The Kier molecular flexibility index (Phi) is 6.42. The first-order chi connectivity index (χ1) is 17.2. The molecule has 3 heterocycles. The zero-order valence-electron chi connectivity index (χ0n) is 20.6. The molecule has 10 heteroatoms. The number of morpholine rings is 1. The van der Waals surface area contributed by atoms with Crippen LogP contribution >= 0.6 is 0 Å². The fourth-order valence-corrected chi connectivity index (χ4v) is 5.63. The molecule has 0 amide bonds. The van der Waals surface area contributed by atoms with E-state index >= 15 is 0 Å². The van der Waals surface area contributed by atoms with Gasteiger partial charge in [0.2, 0.25) is 16.0 Å². The number of rotatable bonds is 6. The summed E-state index contributed by atoms with van der Waals surface area (Å²) >= 11 is 0. The monoisotopic (exact) mass is 506 g/mol. The second kappa shape index (κ2) is 9.53. The van der Waals surface area contributed by atoms with Crippen LogP contribution < -0.4 is 14.9 Å². The molecule has 2 aromatic heterocycles. The molecule has 0 radical (unpaired) electrons. The second-order valence-corrected chi connectivity index (χ2v) is 11.5. The van der Waals surface area contributed by atoms with Gasteiger partial charge in [-0.25, -0.2) is 17.7 Å². The van der Waals surface area contributed by atoms with E-state index in [2.05, 4.69) is 37.2 Å². The van der Waals surface area contributed by atoms with Crippen molar-refractivity contribution in [1.82, 2.24) is 19.3 Å². The van der Waals surface area contributed by atoms with Crippen LogP contribution in [0.3, 0.4) is 0 Å². The lowest BCUT2D eigenvalue weighted by Crippen LogP contribution is -2.40.